The van der Waals surface area contributed by atoms with Gasteiger partial charge in [-0.3, -0.25) is 0 Å². The van der Waals surface area contributed by atoms with Crippen molar-refractivity contribution in [3.8, 4) is 11.8 Å². The third-order valence-corrected chi connectivity index (χ3v) is 8.35. The Balaban J connectivity index is 1.47. The number of nitrogens with zero attached hydrogens (tertiary/aromatic N) is 3. The Labute approximate surface area is 279 Å². The minimum atomic E-state index is -1.65. The van der Waals surface area contributed by atoms with Crippen LogP contribution in [0.3, 0.4) is 0 Å². The van der Waals surface area contributed by atoms with Gasteiger partial charge in [-0.1, -0.05) is 64.5 Å². The molecule has 0 saturated carbocycles. The van der Waals surface area contributed by atoms with Crippen LogP contribution in [0, 0.1) is 11.8 Å². The van der Waals surface area contributed by atoms with Crippen LogP contribution in [-0.4, -0.2) is 56.6 Å². The van der Waals surface area contributed by atoms with Crippen LogP contribution < -0.4 is 5.73 Å². The number of hydrogen-bond acceptors (Lipinski definition) is 9. The van der Waals surface area contributed by atoms with Crippen molar-refractivity contribution in [2.24, 2.45) is 0 Å². The van der Waals surface area contributed by atoms with Gasteiger partial charge in [-0.15, -0.1) is 0 Å². The van der Waals surface area contributed by atoms with E-state index >= 15 is 0 Å². The molecule has 1 fully saturated rings. The Morgan fingerprint density at radius 3 is 2.40 bits per heavy atom. The van der Waals surface area contributed by atoms with Gasteiger partial charge in [-0.05, 0) is 49.2 Å². The summed E-state index contributed by atoms with van der Waals surface area (Å²) in [5.41, 5.74) is 6.61. The smallest absolute Gasteiger partial charge is 0.384 e. The standard InChI is InChI=1S/C31H28Cl4N4O6/c1-3-43-25(40)9-6-17-12-39(29-26(17)28(36)37-16-38-29)30-31(2,41)27(44-14-19-5-8-21(33)11-23(19)35)24(45-30)15-42-13-18-4-7-20(32)10-22(18)34/h4-5,7-8,10-12,16,24,27,30,41H,3,13-15H2,1-2H3,(H2,36,37,38)/t24-,27-,30-,31-/m1/s1. The maximum Gasteiger partial charge on any atom is 0.384 e. The van der Waals surface area contributed by atoms with Crippen LogP contribution in [0.15, 0.2) is 48.9 Å². The van der Waals surface area contributed by atoms with Gasteiger partial charge in [0.15, 0.2) is 6.23 Å². The van der Waals surface area contributed by atoms with E-state index in [1.54, 1.807) is 61.0 Å². The molecule has 2 aromatic carbocycles. The van der Waals surface area contributed by atoms with Crippen LogP contribution in [0.1, 0.15) is 36.8 Å². The first-order valence-corrected chi connectivity index (χ1v) is 15.3. The Morgan fingerprint density at radius 1 is 1.09 bits per heavy atom. The number of rotatable bonds is 9. The molecule has 0 unspecified atom stereocenters. The first kappa shape index (κ1) is 33.3. The summed E-state index contributed by atoms with van der Waals surface area (Å²) in [4.78, 5) is 20.4. The molecule has 1 saturated heterocycles. The molecule has 2 aromatic heterocycles. The van der Waals surface area contributed by atoms with E-state index in [4.69, 9.17) is 71.1 Å². The Kier molecular flexibility index (Phi) is 10.4. The average molecular weight is 694 g/mol. The lowest BCUT2D eigenvalue weighted by atomic mass is 9.96. The zero-order chi connectivity index (χ0) is 32.3. The minimum Gasteiger partial charge on any atom is -0.456 e. The van der Waals surface area contributed by atoms with Crippen molar-refractivity contribution in [2.45, 2.75) is 51.1 Å². The number of carbonyl (C=O) groups is 1. The van der Waals surface area contributed by atoms with Crippen molar-refractivity contribution in [1.29, 1.82) is 0 Å². The molecule has 14 heteroatoms. The van der Waals surface area contributed by atoms with Crippen LogP contribution in [-0.2, 0) is 37.0 Å². The summed E-state index contributed by atoms with van der Waals surface area (Å²) in [7, 11) is 0. The number of esters is 1. The van der Waals surface area contributed by atoms with E-state index in [0.717, 1.165) is 5.56 Å². The molecule has 4 aromatic rings. The van der Waals surface area contributed by atoms with E-state index < -0.39 is 30.0 Å². The zero-order valence-electron chi connectivity index (χ0n) is 24.1. The Morgan fingerprint density at radius 2 is 1.76 bits per heavy atom. The minimum absolute atomic E-state index is 0.0243. The highest BCUT2D eigenvalue weighted by Gasteiger charge is 2.55. The van der Waals surface area contributed by atoms with Gasteiger partial charge in [0.25, 0.3) is 0 Å². The van der Waals surface area contributed by atoms with Gasteiger partial charge in [0.1, 0.15) is 35.6 Å². The third-order valence-electron chi connectivity index (χ3n) is 7.17. The molecule has 0 bridgehead atoms. The number of carbonyl (C=O) groups excluding carboxylic acids is 1. The number of halogens is 4. The molecule has 1 aliphatic rings. The molecule has 3 heterocycles. The SMILES string of the molecule is CCOC(=O)C#Cc1cn([C@@H]2O[C@H](COCc3ccc(Cl)cc3Cl)[C@@H](OCc3ccc(Cl)cc3Cl)[C@@]2(C)O)c2ncnc(N)c12. The second-order valence-corrected chi connectivity index (χ2v) is 12.0. The van der Waals surface area contributed by atoms with Crippen LogP contribution in [0.25, 0.3) is 11.0 Å². The first-order valence-electron chi connectivity index (χ1n) is 13.7. The van der Waals surface area contributed by atoms with Crippen molar-refractivity contribution >= 4 is 69.2 Å². The Bertz CT molecular complexity index is 1790. The fourth-order valence-corrected chi connectivity index (χ4v) is 5.98. The Hall–Kier alpha value is -3.11. The molecule has 236 valence electrons. The lowest BCUT2D eigenvalue weighted by molar-refractivity contribution is -0.136. The number of hydrogen-bond donors (Lipinski definition) is 2. The molecule has 3 N–H and O–H groups in total. The lowest BCUT2D eigenvalue weighted by Gasteiger charge is -2.30. The number of fused-ring (bicyclic) bond motifs is 1. The van der Waals surface area contributed by atoms with Crippen LogP contribution >= 0.6 is 46.4 Å². The summed E-state index contributed by atoms with van der Waals surface area (Å²) in [6.07, 6.45) is 0.137. The lowest BCUT2D eigenvalue weighted by Crippen LogP contribution is -2.46. The van der Waals surface area contributed by atoms with Crippen molar-refractivity contribution in [3.05, 3.63) is 85.7 Å². The fourth-order valence-electron chi connectivity index (χ4n) is 5.05. The number of nitrogen functional groups attached to an aromatic ring is 1. The maximum absolute atomic E-state index is 12.0. The summed E-state index contributed by atoms with van der Waals surface area (Å²) in [5.74, 6) is 4.65. The normalized spacial score (nSPS) is 21.1. The van der Waals surface area contributed by atoms with Crippen molar-refractivity contribution < 1.29 is 28.8 Å². The van der Waals surface area contributed by atoms with E-state index in [2.05, 4.69) is 21.8 Å². The maximum atomic E-state index is 12.0. The second-order valence-electron chi connectivity index (χ2n) is 10.3. The molecule has 4 atom stereocenters. The zero-order valence-corrected chi connectivity index (χ0v) is 27.1. The molecule has 0 aliphatic carbocycles. The largest absolute Gasteiger partial charge is 0.456 e. The van der Waals surface area contributed by atoms with Gasteiger partial charge >= 0.3 is 5.97 Å². The predicted octanol–water partition coefficient (Wildman–Crippen LogP) is 5.99. The van der Waals surface area contributed by atoms with E-state index in [1.807, 2.05) is 0 Å². The molecule has 0 radical (unpaired) electrons. The first-order chi connectivity index (χ1) is 21.5. The van der Waals surface area contributed by atoms with E-state index in [0.29, 0.717) is 42.3 Å². The number of anilines is 1. The highest BCUT2D eigenvalue weighted by Crippen LogP contribution is 2.43. The summed E-state index contributed by atoms with van der Waals surface area (Å²) >= 11 is 24.8. The molecule has 0 spiro atoms. The van der Waals surface area contributed by atoms with Crippen molar-refractivity contribution in [1.82, 2.24) is 14.5 Å². The number of nitrogens with two attached hydrogens (primary N) is 1. The predicted molar refractivity (Wildman–Crippen MR) is 171 cm³/mol. The highest BCUT2D eigenvalue weighted by atomic mass is 35.5. The summed E-state index contributed by atoms with van der Waals surface area (Å²) in [6, 6.07) is 10.2. The topological polar surface area (TPSA) is 131 Å². The number of aliphatic hydroxyl groups is 1. The number of aromatic nitrogens is 3. The van der Waals surface area contributed by atoms with Gasteiger partial charge in [-0.25, -0.2) is 14.8 Å². The van der Waals surface area contributed by atoms with Crippen LogP contribution in [0.5, 0.6) is 0 Å². The molecular weight excluding hydrogens is 666 g/mol. The van der Waals surface area contributed by atoms with E-state index in [-0.39, 0.29) is 32.2 Å². The van der Waals surface area contributed by atoms with Crippen molar-refractivity contribution in [2.75, 3.05) is 18.9 Å². The van der Waals surface area contributed by atoms with E-state index in [1.165, 1.54) is 6.33 Å². The fraction of sp³-hybridized carbons (Fsp3) is 0.323. The molecular formula is C31H28Cl4N4O6. The molecule has 1 aliphatic heterocycles. The van der Waals surface area contributed by atoms with Gasteiger partial charge in [0, 0.05) is 32.2 Å². The van der Waals surface area contributed by atoms with Gasteiger partial charge in [0.2, 0.25) is 0 Å². The number of benzene rings is 2. The third kappa shape index (κ3) is 7.32. The summed E-state index contributed by atoms with van der Waals surface area (Å²) in [6.45, 7) is 3.67. The summed E-state index contributed by atoms with van der Waals surface area (Å²) in [5, 5.41) is 14.3. The average Bonchev–Trinajstić information content (AvgIpc) is 3.47. The molecule has 10 nitrogen and oxygen atoms in total. The molecule has 0 amide bonds. The monoisotopic (exact) mass is 692 g/mol. The van der Waals surface area contributed by atoms with Crippen LogP contribution in [0.4, 0.5) is 5.82 Å². The molecule has 45 heavy (non-hydrogen) atoms. The summed E-state index contributed by atoms with van der Waals surface area (Å²) < 4.78 is 25.3. The van der Waals surface area contributed by atoms with Crippen LogP contribution in [0.2, 0.25) is 20.1 Å². The second kappa shape index (κ2) is 14.1. The van der Waals surface area contributed by atoms with Crippen molar-refractivity contribution in [3.63, 3.8) is 0 Å². The number of ether oxygens (including phenoxy) is 4. The van der Waals surface area contributed by atoms with Gasteiger partial charge < -0.3 is 34.4 Å². The van der Waals surface area contributed by atoms with Gasteiger partial charge in [0.05, 0.1) is 37.4 Å². The quantitative estimate of drug-likeness (QED) is 0.160. The van der Waals surface area contributed by atoms with E-state index in [9.17, 15) is 9.90 Å². The van der Waals surface area contributed by atoms with Gasteiger partial charge in [-0.2, -0.15) is 0 Å². The highest BCUT2D eigenvalue weighted by molar-refractivity contribution is 6.35. The molecule has 5 rings (SSSR count).